The molecule has 21 heavy (non-hydrogen) atoms. The minimum absolute atomic E-state index is 0.240. The van der Waals surface area contributed by atoms with Crippen molar-refractivity contribution >= 4 is 0 Å². The molecule has 1 fully saturated rings. The molecule has 3 atom stereocenters. The molecule has 3 unspecified atom stereocenters. The van der Waals surface area contributed by atoms with E-state index in [0.29, 0.717) is 17.6 Å². The van der Waals surface area contributed by atoms with Crippen molar-refractivity contribution in [1.29, 1.82) is 0 Å². The molecular weight excluding hydrogens is 265 g/mol. The number of hydrogen-bond acceptors (Lipinski definition) is 2. The van der Waals surface area contributed by atoms with Gasteiger partial charge in [-0.15, -0.1) is 0 Å². The molecule has 0 radical (unpaired) electrons. The van der Waals surface area contributed by atoms with Gasteiger partial charge in [0, 0.05) is 0 Å². The van der Waals surface area contributed by atoms with Crippen molar-refractivity contribution in [2.45, 2.75) is 45.4 Å². The zero-order valence-electron chi connectivity index (χ0n) is 13.5. The largest absolute Gasteiger partial charge is 0.494 e. The molecule has 0 saturated heterocycles. The quantitative estimate of drug-likeness (QED) is 0.841. The summed E-state index contributed by atoms with van der Waals surface area (Å²) in [5, 5.41) is 3.47. The summed E-state index contributed by atoms with van der Waals surface area (Å²) < 4.78 is 19.1. The van der Waals surface area contributed by atoms with E-state index >= 15 is 0 Å². The summed E-state index contributed by atoms with van der Waals surface area (Å²) in [6.45, 7) is 6.43. The van der Waals surface area contributed by atoms with Crippen LogP contribution in [-0.4, -0.2) is 20.2 Å². The average Bonchev–Trinajstić information content (AvgIpc) is 2.52. The third-order valence-corrected chi connectivity index (χ3v) is 4.94. The maximum absolute atomic E-state index is 14.0. The van der Waals surface area contributed by atoms with Crippen LogP contribution in [0, 0.1) is 17.7 Å². The van der Waals surface area contributed by atoms with E-state index in [9.17, 15) is 4.39 Å². The molecule has 0 heterocycles. The predicted molar refractivity (Wildman–Crippen MR) is 85.4 cm³/mol. The molecular formula is C18H28FNO. The van der Waals surface area contributed by atoms with Gasteiger partial charge in [-0.1, -0.05) is 32.8 Å². The Balaban J connectivity index is 2.19. The highest BCUT2D eigenvalue weighted by Gasteiger charge is 2.31. The Kier molecular flexibility index (Phi) is 6.04. The summed E-state index contributed by atoms with van der Waals surface area (Å²) in [5.74, 6) is 1.95. The van der Waals surface area contributed by atoms with Gasteiger partial charge in [0.15, 0.2) is 11.6 Å². The molecule has 118 valence electrons. The molecule has 0 amide bonds. The minimum atomic E-state index is -0.240. The Morgan fingerprint density at radius 2 is 2.10 bits per heavy atom. The van der Waals surface area contributed by atoms with Crippen LogP contribution in [0.3, 0.4) is 0 Å². The standard InChI is InChI=1S/C18H28FNO/c1-4-13-6-7-15(12-20-5-2)16(10-13)14-8-9-18(21-3)17(19)11-14/h8-9,11,13,15-16,20H,4-7,10,12H2,1-3H3. The number of ether oxygens (including phenoxy) is 1. The normalized spacial score (nSPS) is 25.8. The number of benzene rings is 1. The molecule has 0 aromatic heterocycles. The van der Waals surface area contributed by atoms with Crippen molar-refractivity contribution in [1.82, 2.24) is 5.32 Å². The monoisotopic (exact) mass is 293 g/mol. The zero-order chi connectivity index (χ0) is 15.2. The first-order valence-corrected chi connectivity index (χ1v) is 8.23. The third-order valence-electron chi connectivity index (χ3n) is 4.94. The predicted octanol–water partition coefficient (Wildman–Crippen LogP) is 4.35. The summed E-state index contributed by atoms with van der Waals surface area (Å²) in [7, 11) is 1.51. The molecule has 1 aromatic carbocycles. The molecule has 3 heteroatoms. The van der Waals surface area contributed by atoms with E-state index < -0.39 is 0 Å². The minimum Gasteiger partial charge on any atom is -0.494 e. The van der Waals surface area contributed by atoms with Crippen molar-refractivity contribution in [2.24, 2.45) is 11.8 Å². The summed E-state index contributed by atoms with van der Waals surface area (Å²) in [6, 6.07) is 5.49. The van der Waals surface area contributed by atoms with E-state index in [4.69, 9.17) is 4.74 Å². The van der Waals surface area contributed by atoms with Crippen molar-refractivity contribution < 1.29 is 9.13 Å². The highest BCUT2D eigenvalue weighted by molar-refractivity contribution is 5.32. The molecule has 0 bridgehead atoms. The van der Waals surface area contributed by atoms with Crippen LogP contribution in [-0.2, 0) is 0 Å². The first-order chi connectivity index (χ1) is 10.2. The summed E-state index contributed by atoms with van der Waals surface area (Å²) >= 11 is 0. The highest BCUT2D eigenvalue weighted by atomic mass is 19.1. The van der Waals surface area contributed by atoms with Crippen LogP contribution in [0.15, 0.2) is 18.2 Å². The first kappa shape index (κ1) is 16.3. The lowest BCUT2D eigenvalue weighted by molar-refractivity contribution is 0.226. The summed E-state index contributed by atoms with van der Waals surface area (Å²) in [5.41, 5.74) is 1.13. The molecule has 0 aliphatic heterocycles. The Bertz CT molecular complexity index is 449. The highest BCUT2D eigenvalue weighted by Crippen LogP contribution is 2.42. The van der Waals surface area contributed by atoms with E-state index in [-0.39, 0.29) is 5.82 Å². The Morgan fingerprint density at radius 3 is 2.71 bits per heavy atom. The van der Waals surface area contributed by atoms with Gasteiger partial charge in [-0.2, -0.15) is 0 Å². The lowest BCUT2D eigenvalue weighted by Gasteiger charge is -2.36. The Hall–Kier alpha value is -1.09. The van der Waals surface area contributed by atoms with Gasteiger partial charge in [0.1, 0.15) is 0 Å². The van der Waals surface area contributed by atoms with Gasteiger partial charge in [-0.05, 0) is 61.4 Å². The van der Waals surface area contributed by atoms with Gasteiger partial charge in [0.05, 0.1) is 7.11 Å². The number of nitrogens with one attached hydrogen (secondary N) is 1. The van der Waals surface area contributed by atoms with E-state index in [2.05, 4.69) is 19.2 Å². The molecule has 2 rings (SSSR count). The van der Waals surface area contributed by atoms with E-state index in [0.717, 1.165) is 24.6 Å². The van der Waals surface area contributed by atoms with Crippen LogP contribution in [0.25, 0.3) is 0 Å². The van der Waals surface area contributed by atoms with Gasteiger partial charge >= 0.3 is 0 Å². The summed E-state index contributed by atoms with van der Waals surface area (Å²) in [4.78, 5) is 0. The van der Waals surface area contributed by atoms with Crippen molar-refractivity contribution in [3.8, 4) is 5.75 Å². The third kappa shape index (κ3) is 3.97. The van der Waals surface area contributed by atoms with Gasteiger partial charge in [-0.25, -0.2) is 4.39 Å². The Labute approximate surface area is 128 Å². The lowest BCUT2D eigenvalue weighted by Crippen LogP contribution is -2.32. The van der Waals surface area contributed by atoms with Crippen LogP contribution in [0.5, 0.6) is 5.75 Å². The maximum Gasteiger partial charge on any atom is 0.165 e. The van der Waals surface area contributed by atoms with Gasteiger partial charge in [0.25, 0.3) is 0 Å². The SMILES string of the molecule is CCNCC1CCC(CC)CC1c1ccc(OC)c(F)c1. The molecule has 1 N–H and O–H groups in total. The van der Waals surface area contributed by atoms with Gasteiger partial charge in [0.2, 0.25) is 0 Å². The van der Waals surface area contributed by atoms with Crippen molar-refractivity contribution in [2.75, 3.05) is 20.2 Å². The van der Waals surface area contributed by atoms with Crippen LogP contribution in [0.1, 0.15) is 51.0 Å². The fraction of sp³-hybridized carbons (Fsp3) is 0.667. The first-order valence-electron chi connectivity index (χ1n) is 8.23. The van der Waals surface area contributed by atoms with Gasteiger partial charge in [-0.3, -0.25) is 0 Å². The van der Waals surface area contributed by atoms with E-state index in [1.165, 1.54) is 32.8 Å². The molecule has 1 aliphatic carbocycles. The van der Waals surface area contributed by atoms with E-state index in [1.54, 1.807) is 12.1 Å². The van der Waals surface area contributed by atoms with Crippen LogP contribution in [0.4, 0.5) is 4.39 Å². The molecule has 1 saturated carbocycles. The van der Waals surface area contributed by atoms with E-state index in [1.807, 2.05) is 6.07 Å². The topological polar surface area (TPSA) is 21.3 Å². The maximum atomic E-state index is 14.0. The molecule has 1 aliphatic rings. The van der Waals surface area contributed by atoms with Crippen LogP contribution in [0.2, 0.25) is 0 Å². The van der Waals surface area contributed by atoms with Crippen molar-refractivity contribution in [3.05, 3.63) is 29.6 Å². The second kappa shape index (κ2) is 7.79. The fourth-order valence-electron chi connectivity index (χ4n) is 3.59. The van der Waals surface area contributed by atoms with Crippen LogP contribution >= 0.6 is 0 Å². The molecule has 0 spiro atoms. The number of hydrogen-bond donors (Lipinski definition) is 1. The molecule has 2 nitrogen and oxygen atoms in total. The van der Waals surface area contributed by atoms with Crippen LogP contribution < -0.4 is 10.1 Å². The second-order valence-electron chi connectivity index (χ2n) is 6.16. The number of methoxy groups -OCH3 is 1. The Morgan fingerprint density at radius 1 is 1.29 bits per heavy atom. The van der Waals surface area contributed by atoms with Gasteiger partial charge < -0.3 is 10.1 Å². The second-order valence-corrected chi connectivity index (χ2v) is 6.16. The fourth-order valence-corrected chi connectivity index (χ4v) is 3.59. The number of halogens is 1. The average molecular weight is 293 g/mol. The molecule has 1 aromatic rings. The van der Waals surface area contributed by atoms with Crippen molar-refractivity contribution in [3.63, 3.8) is 0 Å². The number of rotatable bonds is 6. The summed E-state index contributed by atoms with van der Waals surface area (Å²) in [6.07, 6.45) is 4.95. The lowest BCUT2D eigenvalue weighted by atomic mass is 9.70. The zero-order valence-corrected chi connectivity index (χ0v) is 13.5. The smallest absolute Gasteiger partial charge is 0.165 e.